The van der Waals surface area contributed by atoms with Gasteiger partial charge in [-0.15, -0.1) is 10.2 Å². The van der Waals surface area contributed by atoms with Gasteiger partial charge in [-0.1, -0.05) is 11.8 Å². The maximum Gasteiger partial charge on any atom is 0.191 e. The Hall–Kier alpha value is -0.630. The number of hydrogen-bond donors (Lipinski definition) is 1. The minimum Gasteiger partial charge on any atom is -0.347 e. The standard InChI is InChI=1S/C13H22N4O2S/c1-9-15-16-12(17(9)3)20-11-8-13(18-6-7-19-13)5-4-10(11)14-2/h10-11,14H,4-8H2,1-3H3. The van der Waals surface area contributed by atoms with Crippen molar-refractivity contribution in [3.8, 4) is 0 Å². The Morgan fingerprint density at radius 3 is 2.70 bits per heavy atom. The van der Waals surface area contributed by atoms with Gasteiger partial charge in [0.15, 0.2) is 10.9 Å². The molecule has 6 nitrogen and oxygen atoms in total. The van der Waals surface area contributed by atoms with E-state index in [1.165, 1.54) is 0 Å². The summed E-state index contributed by atoms with van der Waals surface area (Å²) in [5.41, 5.74) is 0. The highest BCUT2D eigenvalue weighted by Gasteiger charge is 2.45. The van der Waals surface area contributed by atoms with E-state index in [1.807, 2.05) is 25.6 Å². The predicted molar refractivity (Wildman–Crippen MR) is 76.7 cm³/mol. The van der Waals surface area contributed by atoms with Gasteiger partial charge in [0, 0.05) is 31.2 Å². The fourth-order valence-corrected chi connectivity index (χ4v) is 4.37. The van der Waals surface area contributed by atoms with Crippen molar-refractivity contribution < 1.29 is 9.47 Å². The summed E-state index contributed by atoms with van der Waals surface area (Å²) < 4.78 is 13.8. The first kappa shape index (κ1) is 14.3. The van der Waals surface area contributed by atoms with Crippen molar-refractivity contribution in [1.82, 2.24) is 20.1 Å². The number of nitrogens with zero attached hydrogens (tertiary/aromatic N) is 3. The van der Waals surface area contributed by atoms with E-state index in [0.29, 0.717) is 24.5 Å². The van der Waals surface area contributed by atoms with Crippen molar-refractivity contribution in [3.63, 3.8) is 0 Å². The van der Waals surface area contributed by atoms with E-state index >= 15 is 0 Å². The molecule has 1 N–H and O–H groups in total. The first-order valence-electron chi connectivity index (χ1n) is 7.11. The van der Waals surface area contributed by atoms with E-state index < -0.39 is 0 Å². The summed E-state index contributed by atoms with van der Waals surface area (Å²) in [5.74, 6) is 0.575. The molecular weight excluding hydrogens is 276 g/mol. The highest BCUT2D eigenvalue weighted by Crippen LogP contribution is 2.42. The van der Waals surface area contributed by atoms with Gasteiger partial charge in [-0.05, 0) is 20.4 Å². The van der Waals surface area contributed by atoms with Crippen LogP contribution in [0.2, 0.25) is 0 Å². The van der Waals surface area contributed by atoms with Gasteiger partial charge in [-0.2, -0.15) is 0 Å². The normalized spacial score (nSPS) is 29.1. The molecule has 1 saturated heterocycles. The molecule has 2 heterocycles. The topological polar surface area (TPSA) is 61.2 Å². The molecule has 7 heteroatoms. The Bertz CT molecular complexity index is 473. The molecule has 0 radical (unpaired) electrons. The van der Waals surface area contributed by atoms with Crippen LogP contribution in [0, 0.1) is 6.92 Å². The number of aromatic nitrogens is 3. The summed E-state index contributed by atoms with van der Waals surface area (Å²) in [6, 6.07) is 0.454. The lowest BCUT2D eigenvalue weighted by Crippen LogP contribution is -2.48. The SMILES string of the molecule is CNC1CCC2(CC1Sc1nnc(C)n1C)OCCO2. The quantitative estimate of drug-likeness (QED) is 0.902. The molecule has 1 aromatic heterocycles. The van der Waals surface area contributed by atoms with Crippen LogP contribution in [0.25, 0.3) is 0 Å². The van der Waals surface area contributed by atoms with E-state index in [2.05, 4.69) is 15.5 Å². The highest BCUT2D eigenvalue weighted by atomic mass is 32.2. The lowest BCUT2D eigenvalue weighted by molar-refractivity contribution is -0.177. The lowest BCUT2D eigenvalue weighted by Gasteiger charge is -2.40. The van der Waals surface area contributed by atoms with Crippen molar-refractivity contribution in [1.29, 1.82) is 0 Å². The average Bonchev–Trinajstić information content (AvgIpc) is 3.02. The molecule has 2 aliphatic rings. The van der Waals surface area contributed by atoms with Crippen LogP contribution in [0.4, 0.5) is 0 Å². The minimum absolute atomic E-state index is 0.362. The molecule has 0 bridgehead atoms. The molecule has 0 aromatic carbocycles. The first-order valence-corrected chi connectivity index (χ1v) is 7.99. The van der Waals surface area contributed by atoms with Crippen molar-refractivity contribution in [2.24, 2.45) is 7.05 Å². The number of ether oxygens (including phenoxy) is 2. The molecule has 2 unspecified atom stereocenters. The lowest BCUT2D eigenvalue weighted by atomic mass is 9.89. The van der Waals surface area contributed by atoms with Gasteiger partial charge in [0.05, 0.1) is 13.2 Å². The average molecular weight is 298 g/mol. The second-order valence-electron chi connectivity index (χ2n) is 5.49. The zero-order valence-corrected chi connectivity index (χ0v) is 13.1. The van der Waals surface area contributed by atoms with E-state index in [4.69, 9.17) is 9.47 Å². The first-order chi connectivity index (χ1) is 9.63. The fraction of sp³-hybridized carbons (Fsp3) is 0.846. The third-order valence-corrected chi connectivity index (χ3v) is 5.66. The van der Waals surface area contributed by atoms with Crippen LogP contribution in [0.1, 0.15) is 25.1 Å². The summed E-state index contributed by atoms with van der Waals surface area (Å²) in [7, 11) is 4.03. The molecule has 1 aliphatic heterocycles. The maximum absolute atomic E-state index is 5.87. The van der Waals surface area contributed by atoms with Crippen LogP contribution in [-0.4, -0.2) is 52.1 Å². The van der Waals surface area contributed by atoms with Crippen LogP contribution < -0.4 is 5.32 Å². The number of aryl methyl sites for hydroxylation is 1. The summed E-state index contributed by atoms with van der Waals surface area (Å²) in [5, 5.41) is 13.2. The Morgan fingerprint density at radius 1 is 1.35 bits per heavy atom. The molecule has 3 rings (SSSR count). The summed E-state index contributed by atoms with van der Waals surface area (Å²) in [4.78, 5) is 0. The fourth-order valence-electron chi connectivity index (χ4n) is 2.95. The van der Waals surface area contributed by atoms with Gasteiger partial charge in [0.2, 0.25) is 0 Å². The molecule has 1 spiro atoms. The minimum atomic E-state index is -0.362. The van der Waals surface area contributed by atoms with Crippen LogP contribution in [0.3, 0.4) is 0 Å². The van der Waals surface area contributed by atoms with Crippen molar-refractivity contribution >= 4 is 11.8 Å². The largest absolute Gasteiger partial charge is 0.347 e. The molecule has 2 fully saturated rings. The zero-order chi connectivity index (χ0) is 14.2. The second-order valence-corrected chi connectivity index (χ2v) is 6.70. The second kappa shape index (κ2) is 5.63. The molecule has 1 aromatic rings. The van der Waals surface area contributed by atoms with Gasteiger partial charge >= 0.3 is 0 Å². The van der Waals surface area contributed by atoms with Crippen molar-refractivity contribution in [2.45, 2.75) is 48.4 Å². The molecule has 112 valence electrons. The summed E-state index contributed by atoms with van der Waals surface area (Å²) in [6.45, 7) is 3.40. The van der Waals surface area contributed by atoms with Crippen LogP contribution in [0.15, 0.2) is 5.16 Å². The Morgan fingerprint density at radius 2 is 2.10 bits per heavy atom. The van der Waals surface area contributed by atoms with Crippen molar-refractivity contribution in [2.75, 3.05) is 20.3 Å². The monoisotopic (exact) mass is 298 g/mol. The van der Waals surface area contributed by atoms with Gasteiger partial charge in [0.25, 0.3) is 0 Å². The number of hydrogen-bond acceptors (Lipinski definition) is 6. The van der Waals surface area contributed by atoms with Crippen LogP contribution in [-0.2, 0) is 16.5 Å². The number of thioether (sulfide) groups is 1. The molecule has 20 heavy (non-hydrogen) atoms. The Balaban J connectivity index is 1.75. The van der Waals surface area contributed by atoms with Gasteiger partial charge < -0.3 is 19.4 Å². The molecule has 2 atom stereocenters. The van der Waals surface area contributed by atoms with Gasteiger partial charge in [-0.25, -0.2) is 0 Å². The molecule has 1 saturated carbocycles. The molecular formula is C13H22N4O2S. The zero-order valence-electron chi connectivity index (χ0n) is 12.3. The van der Waals surface area contributed by atoms with Crippen LogP contribution in [0.5, 0.6) is 0 Å². The van der Waals surface area contributed by atoms with E-state index in [-0.39, 0.29) is 5.79 Å². The van der Waals surface area contributed by atoms with E-state index in [1.54, 1.807) is 11.8 Å². The predicted octanol–water partition coefficient (Wildman–Crippen LogP) is 1.10. The third-order valence-electron chi connectivity index (χ3n) is 4.29. The third kappa shape index (κ3) is 2.59. The number of rotatable bonds is 3. The van der Waals surface area contributed by atoms with Crippen LogP contribution >= 0.6 is 11.8 Å². The summed E-state index contributed by atoms with van der Waals surface area (Å²) in [6.07, 6.45) is 2.92. The van der Waals surface area contributed by atoms with Gasteiger partial charge in [-0.3, -0.25) is 0 Å². The molecule has 1 aliphatic carbocycles. The Kier molecular flexibility index (Phi) is 4.03. The number of nitrogens with one attached hydrogen (secondary N) is 1. The summed E-state index contributed by atoms with van der Waals surface area (Å²) >= 11 is 1.77. The van der Waals surface area contributed by atoms with E-state index in [0.717, 1.165) is 30.2 Å². The van der Waals surface area contributed by atoms with Crippen molar-refractivity contribution in [3.05, 3.63) is 5.82 Å². The van der Waals surface area contributed by atoms with E-state index in [9.17, 15) is 0 Å². The maximum atomic E-state index is 5.87. The smallest absolute Gasteiger partial charge is 0.191 e. The molecule has 0 amide bonds. The van der Waals surface area contributed by atoms with Gasteiger partial charge in [0.1, 0.15) is 5.82 Å². The Labute approximate surface area is 123 Å². The highest BCUT2D eigenvalue weighted by molar-refractivity contribution is 7.99.